The highest BCUT2D eigenvalue weighted by Crippen LogP contribution is 2.30. The Labute approximate surface area is 162 Å². The second-order valence-electron chi connectivity index (χ2n) is 5.85. The van der Waals surface area contributed by atoms with Gasteiger partial charge in [-0.3, -0.25) is 9.59 Å². The number of amides is 2. The number of nitrogens with zero attached hydrogens (tertiary/aromatic N) is 1. The Morgan fingerprint density at radius 2 is 1.81 bits per heavy atom. The van der Waals surface area contributed by atoms with E-state index in [-0.39, 0.29) is 18.4 Å². The van der Waals surface area contributed by atoms with Gasteiger partial charge in [-0.25, -0.2) is 0 Å². The van der Waals surface area contributed by atoms with Crippen LogP contribution in [-0.2, 0) is 16.1 Å². The summed E-state index contributed by atoms with van der Waals surface area (Å²) >= 11 is 11.9. The van der Waals surface area contributed by atoms with Gasteiger partial charge in [0.25, 0.3) is 0 Å². The van der Waals surface area contributed by atoms with Crippen LogP contribution in [0.4, 0.5) is 5.69 Å². The van der Waals surface area contributed by atoms with Gasteiger partial charge in [0.1, 0.15) is 12.3 Å². The van der Waals surface area contributed by atoms with Crippen LogP contribution in [0.5, 0.6) is 5.75 Å². The van der Waals surface area contributed by atoms with E-state index in [4.69, 9.17) is 27.9 Å². The highest BCUT2D eigenvalue weighted by molar-refractivity contribution is 6.31. The van der Waals surface area contributed by atoms with Gasteiger partial charge in [0, 0.05) is 29.6 Å². The van der Waals surface area contributed by atoms with Crippen LogP contribution in [0.15, 0.2) is 36.4 Å². The van der Waals surface area contributed by atoms with E-state index in [2.05, 4.69) is 5.32 Å². The molecule has 0 saturated heterocycles. The van der Waals surface area contributed by atoms with Crippen LogP contribution in [0.2, 0.25) is 10.0 Å². The van der Waals surface area contributed by atoms with Crippen molar-refractivity contribution in [1.82, 2.24) is 4.90 Å². The molecule has 1 N–H and O–H groups in total. The lowest BCUT2D eigenvalue weighted by Crippen LogP contribution is -2.36. The first-order chi connectivity index (χ1) is 12.3. The topological polar surface area (TPSA) is 58.6 Å². The molecule has 0 atom stereocenters. The summed E-state index contributed by atoms with van der Waals surface area (Å²) < 4.78 is 5.25. The van der Waals surface area contributed by atoms with E-state index >= 15 is 0 Å². The molecule has 0 radical (unpaired) electrons. The molecule has 2 aromatic rings. The molecule has 7 heteroatoms. The number of aryl methyl sites for hydroxylation is 1. The predicted octanol–water partition coefficient (Wildman–Crippen LogP) is 4.30. The number of carbonyl (C=O) groups excluding carboxylic acids is 2. The highest BCUT2D eigenvalue weighted by Gasteiger charge is 2.16. The summed E-state index contributed by atoms with van der Waals surface area (Å²) in [4.78, 5) is 25.8. The van der Waals surface area contributed by atoms with Crippen LogP contribution in [-0.4, -0.2) is 30.4 Å². The quantitative estimate of drug-likeness (QED) is 0.794. The Morgan fingerprint density at radius 3 is 2.38 bits per heavy atom. The number of methoxy groups -OCH3 is 1. The molecule has 0 aliphatic rings. The Bertz CT molecular complexity index is 807. The maximum Gasteiger partial charge on any atom is 0.244 e. The second-order valence-corrected chi connectivity index (χ2v) is 6.70. The number of halogens is 2. The zero-order valence-electron chi connectivity index (χ0n) is 14.8. The maximum absolute atomic E-state index is 12.4. The van der Waals surface area contributed by atoms with E-state index in [0.717, 1.165) is 11.1 Å². The van der Waals surface area contributed by atoms with Crippen LogP contribution in [0.25, 0.3) is 0 Å². The first kappa shape index (κ1) is 20.1. The molecular formula is C19H20Cl2N2O3. The first-order valence-electron chi connectivity index (χ1n) is 7.94. The third kappa shape index (κ3) is 5.38. The van der Waals surface area contributed by atoms with Gasteiger partial charge in [-0.2, -0.15) is 0 Å². The molecule has 138 valence electrons. The minimum Gasteiger partial charge on any atom is -0.495 e. The van der Waals surface area contributed by atoms with Gasteiger partial charge >= 0.3 is 0 Å². The minimum absolute atomic E-state index is 0.0806. The first-order valence-corrected chi connectivity index (χ1v) is 8.69. The van der Waals surface area contributed by atoms with E-state index in [1.54, 1.807) is 24.3 Å². The normalized spacial score (nSPS) is 10.3. The van der Waals surface area contributed by atoms with Crippen LogP contribution in [0.3, 0.4) is 0 Å². The maximum atomic E-state index is 12.4. The lowest BCUT2D eigenvalue weighted by atomic mass is 10.2. The largest absolute Gasteiger partial charge is 0.495 e. The molecule has 0 saturated carbocycles. The third-order valence-electron chi connectivity index (χ3n) is 3.82. The van der Waals surface area contributed by atoms with Crippen molar-refractivity contribution in [1.29, 1.82) is 0 Å². The van der Waals surface area contributed by atoms with Crippen molar-refractivity contribution in [3.05, 3.63) is 57.6 Å². The second kappa shape index (κ2) is 8.92. The van der Waals surface area contributed by atoms with Crippen LogP contribution >= 0.6 is 23.2 Å². The molecular weight excluding hydrogens is 375 g/mol. The van der Waals surface area contributed by atoms with Crippen LogP contribution in [0, 0.1) is 6.92 Å². The fourth-order valence-electron chi connectivity index (χ4n) is 2.38. The Morgan fingerprint density at radius 1 is 1.15 bits per heavy atom. The molecule has 2 aromatic carbocycles. The third-order valence-corrected chi connectivity index (χ3v) is 4.48. The molecule has 26 heavy (non-hydrogen) atoms. The van der Waals surface area contributed by atoms with Gasteiger partial charge in [-0.15, -0.1) is 0 Å². The van der Waals surface area contributed by atoms with Gasteiger partial charge in [-0.1, -0.05) is 35.3 Å². The molecule has 2 amide bonds. The molecule has 0 heterocycles. The average molecular weight is 395 g/mol. The van der Waals surface area contributed by atoms with Crippen molar-refractivity contribution in [3.8, 4) is 5.75 Å². The lowest BCUT2D eigenvalue weighted by Gasteiger charge is -2.21. The molecule has 0 aromatic heterocycles. The fraction of sp³-hybridized carbons (Fsp3) is 0.263. The van der Waals surface area contributed by atoms with Gasteiger partial charge in [0.15, 0.2) is 0 Å². The predicted molar refractivity (Wildman–Crippen MR) is 104 cm³/mol. The van der Waals surface area contributed by atoms with E-state index in [0.29, 0.717) is 28.0 Å². The number of rotatable bonds is 6. The van der Waals surface area contributed by atoms with Crippen LogP contribution in [0.1, 0.15) is 18.1 Å². The summed E-state index contributed by atoms with van der Waals surface area (Å²) in [6, 6.07) is 10.5. The summed E-state index contributed by atoms with van der Waals surface area (Å²) in [6.45, 7) is 3.50. The molecule has 0 bridgehead atoms. The van der Waals surface area contributed by atoms with Gasteiger partial charge in [-0.05, 0) is 36.2 Å². The smallest absolute Gasteiger partial charge is 0.244 e. The summed E-state index contributed by atoms with van der Waals surface area (Å²) in [5, 5.41) is 3.94. The molecule has 0 unspecified atom stereocenters. The van der Waals surface area contributed by atoms with E-state index in [9.17, 15) is 9.59 Å². The lowest BCUT2D eigenvalue weighted by molar-refractivity contribution is -0.133. The number of benzene rings is 2. The number of anilines is 1. The molecule has 0 fully saturated rings. The molecule has 2 rings (SSSR count). The summed E-state index contributed by atoms with van der Waals surface area (Å²) in [5.41, 5.74) is 2.21. The highest BCUT2D eigenvalue weighted by atomic mass is 35.5. The molecule has 0 aliphatic heterocycles. The summed E-state index contributed by atoms with van der Waals surface area (Å²) in [5.74, 6) is -0.0652. The van der Waals surface area contributed by atoms with Crippen molar-refractivity contribution < 1.29 is 14.3 Å². The zero-order chi connectivity index (χ0) is 19.3. The van der Waals surface area contributed by atoms with E-state index in [1.165, 1.54) is 18.9 Å². The number of hydrogen-bond donors (Lipinski definition) is 1. The van der Waals surface area contributed by atoms with E-state index in [1.807, 2.05) is 19.1 Å². The SMILES string of the molecule is COc1cc(Cl)c(C)cc1NC(=O)CN(Cc1ccc(Cl)cc1)C(C)=O. The van der Waals surface area contributed by atoms with Crippen molar-refractivity contribution in [2.45, 2.75) is 20.4 Å². The van der Waals surface area contributed by atoms with Crippen molar-refractivity contribution in [2.24, 2.45) is 0 Å². The Balaban J connectivity index is 2.09. The van der Waals surface area contributed by atoms with Gasteiger partial charge < -0.3 is 15.0 Å². The van der Waals surface area contributed by atoms with Crippen LogP contribution < -0.4 is 10.1 Å². The number of nitrogens with one attached hydrogen (secondary N) is 1. The minimum atomic E-state index is -0.325. The molecule has 0 spiro atoms. The van der Waals surface area contributed by atoms with Gasteiger partial charge in [0.05, 0.1) is 12.8 Å². The van der Waals surface area contributed by atoms with Gasteiger partial charge in [0.2, 0.25) is 11.8 Å². The Kier molecular flexibility index (Phi) is 6.89. The number of ether oxygens (including phenoxy) is 1. The zero-order valence-corrected chi connectivity index (χ0v) is 16.3. The fourth-order valence-corrected chi connectivity index (χ4v) is 2.66. The Hall–Kier alpha value is -2.24. The summed E-state index contributed by atoms with van der Waals surface area (Å²) in [7, 11) is 1.50. The van der Waals surface area contributed by atoms with Crippen molar-refractivity contribution >= 4 is 40.7 Å². The monoisotopic (exact) mass is 394 g/mol. The van der Waals surface area contributed by atoms with E-state index < -0.39 is 0 Å². The average Bonchev–Trinajstić information content (AvgIpc) is 2.59. The standard InChI is InChI=1S/C19H20Cl2N2O3/c1-12-8-17(18(26-3)9-16(12)21)22-19(25)11-23(13(2)24)10-14-4-6-15(20)7-5-14/h4-9H,10-11H2,1-3H3,(H,22,25). The molecule has 0 aliphatic carbocycles. The number of carbonyl (C=O) groups is 2. The molecule has 5 nitrogen and oxygen atoms in total. The van der Waals surface area contributed by atoms with Crippen molar-refractivity contribution in [3.63, 3.8) is 0 Å². The summed E-state index contributed by atoms with van der Waals surface area (Å²) in [6.07, 6.45) is 0. The van der Waals surface area contributed by atoms with Crippen molar-refractivity contribution in [2.75, 3.05) is 19.0 Å². The number of hydrogen-bond acceptors (Lipinski definition) is 3.